The zero-order chi connectivity index (χ0) is 14.6. The number of nitrogens with zero attached hydrogens (tertiary/aromatic N) is 2. The Kier molecular flexibility index (Phi) is 5.51. The summed E-state index contributed by atoms with van der Waals surface area (Å²) >= 11 is 0. The van der Waals surface area contributed by atoms with Gasteiger partial charge in [0.15, 0.2) is 5.76 Å². The summed E-state index contributed by atoms with van der Waals surface area (Å²) in [7, 11) is -2.12. The Balaban J connectivity index is 4.98. The molecule has 0 unspecified atom stereocenters. The highest BCUT2D eigenvalue weighted by Gasteiger charge is 2.42. The Labute approximate surface area is 110 Å². The first-order valence-corrected chi connectivity index (χ1v) is 8.75. The lowest BCUT2D eigenvalue weighted by Crippen LogP contribution is -2.42. The van der Waals surface area contributed by atoms with E-state index in [0.717, 1.165) is 0 Å². The van der Waals surface area contributed by atoms with Crippen molar-refractivity contribution in [1.82, 2.24) is 0 Å². The van der Waals surface area contributed by atoms with E-state index >= 15 is 0 Å². The van der Waals surface area contributed by atoms with Crippen molar-refractivity contribution in [3.63, 3.8) is 0 Å². The fraction of sp³-hybridized carbons (Fsp3) is 0.667. The first kappa shape index (κ1) is 16.6. The van der Waals surface area contributed by atoms with Gasteiger partial charge in [0.05, 0.1) is 6.61 Å². The van der Waals surface area contributed by atoms with Gasteiger partial charge in [0, 0.05) is 0 Å². The molecule has 0 aromatic rings. The van der Waals surface area contributed by atoms with Crippen LogP contribution in [0.3, 0.4) is 0 Å². The van der Waals surface area contributed by atoms with Crippen molar-refractivity contribution in [2.24, 2.45) is 0 Å². The van der Waals surface area contributed by atoms with Gasteiger partial charge < -0.3 is 14.7 Å². The van der Waals surface area contributed by atoms with Crippen LogP contribution >= 0.6 is 0 Å². The Morgan fingerprint density at radius 3 is 2.22 bits per heavy atom. The van der Waals surface area contributed by atoms with Crippen molar-refractivity contribution in [2.45, 2.75) is 45.8 Å². The maximum Gasteiger partial charge on any atom is 0.438 e. The second-order valence-corrected chi connectivity index (χ2v) is 10.2. The maximum atomic E-state index is 11.5. The number of carbonyl (C=O) groups excluding carboxylic acids is 1. The largest absolute Gasteiger partial charge is 0.538 e. The minimum atomic E-state index is -2.12. The van der Waals surface area contributed by atoms with E-state index in [1.807, 2.05) is 13.1 Å². The minimum absolute atomic E-state index is 0.0365. The van der Waals surface area contributed by atoms with Gasteiger partial charge >= 0.3 is 11.7 Å². The number of hydrogen-bond donors (Lipinski definition) is 0. The van der Waals surface area contributed by atoms with Crippen LogP contribution in [-0.2, 0) is 14.0 Å². The number of ether oxygens (including phenoxy) is 1. The summed E-state index contributed by atoms with van der Waals surface area (Å²) in [5, 5.41) is -0.0365. The molecule has 0 fully saturated rings. The minimum Gasteiger partial charge on any atom is -0.538 e. The molecule has 0 saturated heterocycles. The van der Waals surface area contributed by atoms with Gasteiger partial charge in [0.2, 0.25) is 0 Å². The van der Waals surface area contributed by atoms with Crippen LogP contribution in [0, 0.1) is 0 Å². The molecule has 0 amide bonds. The van der Waals surface area contributed by atoms with E-state index in [2.05, 4.69) is 32.1 Å². The molecule has 6 heteroatoms. The second kappa shape index (κ2) is 5.98. The smallest absolute Gasteiger partial charge is 0.438 e. The molecular formula is C12H22N2O3Si. The van der Waals surface area contributed by atoms with E-state index in [9.17, 15) is 4.79 Å². The van der Waals surface area contributed by atoms with Crippen LogP contribution in [-0.4, -0.2) is 31.4 Å². The monoisotopic (exact) mass is 270 g/mol. The standard InChI is InChI=1S/C12H22N2O3Si/c1-8-16-11(15)10(14-13)9(2)17-18(6,7)12(3,4)5/h2,8H2,1,3-7H3. The SMILES string of the molecule is C=C(O[Si](C)(C)C(C)(C)C)C(=[N+]=[N-])C(=O)OCC. The molecular weight excluding hydrogens is 248 g/mol. The number of carbonyl (C=O) groups is 1. The van der Waals surface area contributed by atoms with E-state index in [1.54, 1.807) is 6.92 Å². The van der Waals surface area contributed by atoms with Crippen molar-refractivity contribution in [3.05, 3.63) is 17.9 Å². The van der Waals surface area contributed by atoms with Gasteiger partial charge in [-0.25, -0.2) is 4.79 Å². The van der Waals surface area contributed by atoms with E-state index < -0.39 is 14.3 Å². The fourth-order valence-electron chi connectivity index (χ4n) is 0.919. The van der Waals surface area contributed by atoms with Crippen LogP contribution in [0.4, 0.5) is 0 Å². The molecule has 0 bridgehead atoms. The lowest BCUT2D eigenvalue weighted by Gasteiger charge is -2.36. The number of rotatable bonds is 5. The van der Waals surface area contributed by atoms with Gasteiger partial charge in [0.1, 0.15) is 0 Å². The van der Waals surface area contributed by atoms with E-state index in [-0.39, 0.29) is 23.1 Å². The summed E-state index contributed by atoms with van der Waals surface area (Å²) in [6, 6.07) is 0. The molecule has 0 aromatic heterocycles. The van der Waals surface area contributed by atoms with Crippen LogP contribution < -0.4 is 0 Å². The van der Waals surface area contributed by atoms with Gasteiger partial charge in [-0.1, -0.05) is 20.8 Å². The molecule has 0 aromatic carbocycles. The zero-order valence-corrected chi connectivity index (χ0v) is 13.0. The van der Waals surface area contributed by atoms with Crippen LogP contribution in [0.2, 0.25) is 18.1 Å². The summed E-state index contributed by atoms with van der Waals surface area (Å²) in [5.74, 6) is -0.675. The van der Waals surface area contributed by atoms with Gasteiger partial charge in [0.25, 0.3) is 8.32 Å². The topological polar surface area (TPSA) is 71.9 Å². The summed E-state index contributed by atoms with van der Waals surface area (Å²) in [6.07, 6.45) is 0. The van der Waals surface area contributed by atoms with Crippen LogP contribution in [0.25, 0.3) is 5.53 Å². The van der Waals surface area contributed by atoms with Crippen molar-refractivity contribution in [1.29, 1.82) is 0 Å². The van der Waals surface area contributed by atoms with E-state index in [0.29, 0.717) is 0 Å². The average molecular weight is 270 g/mol. The number of esters is 1. The van der Waals surface area contributed by atoms with Gasteiger partial charge in [-0.15, -0.1) is 0 Å². The second-order valence-electron chi connectivity index (χ2n) is 5.45. The molecule has 0 aliphatic carbocycles. The molecule has 0 saturated carbocycles. The third-order valence-corrected chi connectivity index (χ3v) is 7.39. The molecule has 0 aliphatic rings. The number of hydrogen-bond acceptors (Lipinski definition) is 3. The normalized spacial score (nSPS) is 11.4. The van der Waals surface area contributed by atoms with Gasteiger partial charge in [-0.05, 0) is 31.6 Å². The maximum absolute atomic E-state index is 11.5. The van der Waals surface area contributed by atoms with Crippen LogP contribution in [0.5, 0.6) is 0 Å². The fourth-order valence-corrected chi connectivity index (χ4v) is 1.94. The van der Waals surface area contributed by atoms with Crippen molar-refractivity contribution in [2.75, 3.05) is 6.61 Å². The van der Waals surface area contributed by atoms with Crippen molar-refractivity contribution < 1.29 is 18.7 Å². The quantitative estimate of drug-likeness (QED) is 0.192. The highest BCUT2D eigenvalue weighted by Crippen LogP contribution is 2.37. The molecule has 0 spiro atoms. The first-order valence-electron chi connectivity index (χ1n) is 5.84. The Morgan fingerprint density at radius 2 is 1.89 bits per heavy atom. The molecule has 0 rings (SSSR count). The summed E-state index contributed by atoms with van der Waals surface area (Å²) in [4.78, 5) is 14.4. The summed E-state index contributed by atoms with van der Waals surface area (Å²) < 4.78 is 10.5. The zero-order valence-electron chi connectivity index (χ0n) is 12.0. The molecule has 18 heavy (non-hydrogen) atoms. The third-order valence-electron chi connectivity index (χ3n) is 3.02. The predicted molar refractivity (Wildman–Crippen MR) is 72.7 cm³/mol. The molecule has 0 atom stereocenters. The van der Waals surface area contributed by atoms with E-state index in [1.165, 1.54) is 0 Å². The van der Waals surface area contributed by atoms with Crippen molar-refractivity contribution in [3.8, 4) is 0 Å². The highest BCUT2D eigenvalue weighted by atomic mass is 28.4. The van der Waals surface area contributed by atoms with Gasteiger partial charge in [-0.2, -0.15) is 4.79 Å². The van der Waals surface area contributed by atoms with Crippen LogP contribution in [0.1, 0.15) is 27.7 Å². The molecule has 0 aliphatic heterocycles. The Morgan fingerprint density at radius 1 is 1.39 bits per heavy atom. The Bertz CT molecular complexity index is 391. The van der Waals surface area contributed by atoms with Gasteiger partial charge in [-0.3, -0.25) is 0 Å². The van der Waals surface area contributed by atoms with E-state index in [4.69, 9.17) is 14.7 Å². The van der Waals surface area contributed by atoms with Crippen molar-refractivity contribution >= 4 is 20.0 Å². The summed E-state index contributed by atoms with van der Waals surface area (Å²) in [6.45, 7) is 15.7. The lowest BCUT2D eigenvalue weighted by atomic mass is 10.2. The molecule has 5 nitrogen and oxygen atoms in total. The average Bonchev–Trinajstić information content (AvgIpc) is 2.16. The summed E-state index contributed by atoms with van der Waals surface area (Å²) in [5.41, 5.74) is 8.58. The predicted octanol–water partition coefficient (Wildman–Crippen LogP) is 2.76. The molecule has 0 N–H and O–H groups in total. The van der Waals surface area contributed by atoms with Crippen LogP contribution in [0.15, 0.2) is 12.3 Å². The molecule has 0 heterocycles. The lowest BCUT2D eigenvalue weighted by molar-refractivity contribution is -0.139. The first-order chi connectivity index (χ1) is 8.06. The molecule has 102 valence electrons. The molecule has 0 radical (unpaired) electrons. The third kappa shape index (κ3) is 4.12. The highest BCUT2D eigenvalue weighted by molar-refractivity contribution is 6.74. The Hall–Kier alpha value is -1.39.